The Labute approximate surface area is 203 Å². The molecule has 3 rings (SSSR count). The number of amides is 4. The Kier molecular flexibility index (Phi) is 9.55. The lowest BCUT2D eigenvalue weighted by Crippen LogP contribution is -2.36. The minimum atomic E-state index is -0.268. The van der Waals surface area contributed by atoms with E-state index in [9.17, 15) is 14.4 Å². The Hall–Kier alpha value is -2.60. The normalized spacial score (nSPS) is 20.9. The number of urea groups is 1. The predicted molar refractivity (Wildman–Crippen MR) is 133 cm³/mol. The number of aromatic nitrogens is 1. The van der Waals surface area contributed by atoms with E-state index in [-0.39, 0.29) is 29.9 Å². The number of thiocarbonyl (C=S) groups is 1. The lowest BCUT2D eigenvalue weighted by molar-refractivity contribution is -0.121. The van der Waals surface area contributed by atoms with E-state index in [4.69, 9.17) is 12.2 Å². The first kappa shape index (κ1) is 25.0. The highest BCUT2D eigenvalue weighted by Gasteiger charge is 2.42. The fourth-order valence-electron chi connectivity index (χ4n) is 3.81. The number of carbonyl (C=O) groups is 3. The Morgan fingerprint density at radius 3 is 2.82 bits per heavy atom. The van der Waals surface area contributed by atoms with Crippen molar-refractivity contribution in [2.45, 2.75) is 49.9 Å². The van der Waals surface area contributed by atoms with E-state index in [1.807, 2.05) is 18.7 Å². The summed E-state index contributed by atoms with van der Waals surface area (Å²) in [6, 6.07) is 2.03. The van der Waals surface area contributed by atoms with Crippen LogP contribution in [0.25, 0.3) is 0 Å². The molecule has 0 saturated carbocycles. The predicted octanol–water partition coefficient (Wildman–Crippen LogP) is 0.960. The van der Waals surface area contributed by atoms with Gasteiger partial charge in [-0.25, -0.2) is 4.79 Å². The van der Waals surface area contributed by atoms with Crippen molar-refractivity contribution in [3.63, 3.8) is 0 Å². The van der Waals surface area contributed by atoms with Crippen LogP contribution in [0.5, 0.6) is 0 Å². The average molecular weight is 494 g/mol. The van der Waals surface area contributed by atoms with Crippen molar-refractivity contribution < 1.29 is 14.4 Å². The van der Waals surface area contributed by atoms with Gasteiger partial charge in [0.25, 0.3) is 5.91 Å². The highest BCUT2D eigenvalue weighted by molar-refractivity contribution is 8.00. The Bertz CT molecular complexity index is 870. The smallest absolute Gasteiger partial charge is 0.315 e. The van der Waals surface area contributed by atoms with E-state index in [2.05, 4.69) is 36.9 Å². The summed E-state index contributed by atoms with van der Waals surface area (Å²) in [5.41, 5.74) is 1.03. The van der Waals surface area contributed by atoms with Crippen molar-refractivity contribution >= 4 is 52.6 Å². The van der Waals surface area contributed by atoms with Gasteiger partial charge in [0.1, 0.15) is 0 Å². The van der Waals surface area contributed by atoms with E-state index >= 15 is 0 Å². The molecule has 1 aromatic heterocycles. The van der Waals surface area contributed by atoms with Gasteiger partial charge in [0.2, 0.25) is 5.91 Å². The summed E-state index contributed by atoms with van der Waals surface area (Å²) in [5.74, 6) is 0.651. The summed E-state index contributed by atoms with van der Waals surface area (Å²) in [6.07, 6.45) is 6.24. The zero-order chi connectivity index (χ0) is 23.6. The van der Waals surface area contributed by atoms with E-state index in [1.165, 1.54) is 6.20 Å². The topological polar surface area (TPSA) is 136 Å². The molecule has 4 amide bonds. The molecule has 33 heavy (non-hydrogen) atoms. The summed E-state index contributed by atoms with van der Waals surface area (Å²) < 4.78 is 0. The van der Waals surface area contributed by atoms with Crippen LogP contribution in [0.15, 0.2) is 18.5 Å². The van der Waals surface area contributed by atoms with Crippen LogP contribution in [0.4, 0.5) is 10.5 Å². The van der Waals surface area contributed by atoms with Crippen molar-refractivity contribution in [3.05, 3.63) is 24.0 Å². The maximum absolute atomic E-state index is 12.3. The molecule has 0 unspecified atom stereocenters. The number of rotatable bonds is 11. The van der Waals surface area contributed by atoms with Crippen molar-refractivity contribution in [2.24, 2.45) is 0 Å². The minimum Gasteiger partial charge on any atom is -0.363 e. The molecule has 12 heteroatoms. The molecule has 0 spiro atoms. The number of nitrogens with one attached hydrogen (secondary N) is 6. The van der Waals surface area contributed by atoms with Crippen LogP contribution in [0.2, 0.25) is 0 Å². The lowest BCUT2D eigenvalue weighted by Gasteiger charge is -2.16. The molecule has 180 valence electrons. The number of thioether (sulfide) groups is 1. The van der Waals surface area contributed by atoms with Gasteiger partial charge in [0.05, 0.1) is 29.5 Å². The first-order valence-electron chi connectivity index (χ1n) is 11.2. The number of hydrogen-bond acceptors (Lipinski definition) is 6. The fraction of sp³-hybridized carbons (Fsp3) is 0.571. The lowest BCUT2D eigenvalue weighted by atomic mass is 10.0. The third kappa shape index (κ3) is 7.74. The number of nitrogens with zero attached hydrogens (tertiary/aromatic N) is 1. The Morgan fingerprint density at radius 2 is 2.00 bits per heavy atom. The van der Waals surface area contributed by atoms with Crippen molar-refractivity contribution in [2.75, 3.05) is 30.7 Å². The van der Waals surface area contributed by atoms with Gasteiger partial charge in [-0.15, -0.1) is 0 Å². The van der Waals surface area contributed by atoms with Crippen molar-refractivity contribution in [1.29, 1.82) is 0 Å². The highest BCUT2D eigenvalue weighted by atomic mass is 32.2. The molecule has 3 atom stereocenters. The molecule has 2 saturated heterocycles. The number of pyridine rings is 1. The molecule has 6 N–H and O–H groups in total. The molecule has 0 aromatic carbocycles. The molecular formula is C21H31N7O3S2. The largest absolute Gasteiger partial charge is 0.363 e. The molecule has 3 heterocycles. The number of fused-ring (bicyclic) bond motifs is 1. The first-order valence-corrected chi connectivity index (χ1v) is 12.7. The minimum absolute atomic E-state index is 0.0261. The average Bonchev–Trinajstić information content (AvgIpc) is 3.33. The SMILES string of the molecule is CCNC(=S)Nc1cncc(C(=O)NCCNC(=O)CCCC[C@@H]2SC[C@@H]3NC(=O)N[C@@H]32)c1. The van der Waals surface area contributed by atoms with Gasteiger partial charge in [-0.2, -0.15) is 11.8 Å². The first-order chi connectivity index (χ1) is 16.0. The summed E-state index contributed by atoms with van der Waals surface area (Å²) in [7, 11) is 0. The summed E-state index contributed by atoms with van der Waals surface area (Å²) >= 11 is 7.02. The van der Waals surface area contributed by atoms with Gasteiger partial charge in [0.15, 0.2) is 5.11 Å². The highest BCUT2D eigenvalue weighted by Crippen LogP contribution is 2.33. The number of unbranched alkanes of at least 4 members (excludes halogenated alkanes) is 1. The van der Waals surface area contributed by atoms with Gasteiger partial charge in [-0.3, -0.25) is 14.6 Å². The zero-order valence-corrected chi connectivity index (χ0v) is 20.2. The van der Waals surface area contributed by atoms with E-state index < -0.39 is 0 Å². The molecule has 10 nitrogen and oxygen atoms in total. The van der Waals surface area contributed by atoms with Crippen molar-refractivity contribution in [3.8, 4) is 0 Å². The van der Waals surface area contributed by atoms with Gasteiger partial charge >= 0.3 is 6.03 Å². The third-order valence-corrected chi connectivity index (χ3v) is 7.16. The van der Waals surface area contributed by atoms with Crippen LogP contribution in [-0.2, 0) is 4.79 Å². The number of anilines is 1. The maximum atomic E-state index is 12.3. The van der Waals surface area contributed by atoms with E-state index in [1.54, 1.807) is 12.3 Å². The summed E-state index contributed by atoms with van der Waals surface area (Å²) in [5, 5.41) is 18.4. The molecule has 2 aliphatic heterocycles. The standard InChI is InChI=1S/C21H31N7O3S2/c1-2-23-21(32)26-14-9-13(10-22-11-14)19(30)25-8-7-24-17(29)6-4-3-5-16-18-15(12-33-16)27-20(31)28-18/h9-11,15-16,18H,2-8,12H2,1H3,(H,24,29)(H,25,30)(H2,23,26,32)(H2,27,28,31)/t15-,16-,18-/m0/s1. The van der Waals surface area contributed by atoms with E-state index in [0.29, 0.717) is 47.7 Å². The second-order valence-corrected chi connectivity index (χ2v) is 9.60. The van der Waals surface area contributed by atoms with Crippen LogP contribution in [0.1, 0.15) is 43.0 Å². The second-order valence-electron chi connectivity index (χ2n) is 7.92. The number of carbonyl (C=O) groups excluding carboxylic acids is 3. The Morgan fingerprint density at radius 1 is 1.18 bits per heavy atom. The molecule has 0 radical (unpaired) electrons. The quantitative estimate of drug-likeness (QED) is 0.152. The molecule has 0 aliphatic carbocycles. The van der Waals surface area contributed by atoms with Gasteiger partial charge in [-0.1, -0.05) is 6.42 Å². The van der Waals surface area contributed by atoms with Crippen LogP contribution < -0.4 is 31.9 Å². The van der Waals surface area contributed by atoms with Gasteiger partial charge in [-0.05, 0) is 38.0 Å². The zero-order valence-electron chi connectivity index (χ0n) is 18.6. The molecule has 1 aromatic rings. The molecular weight excluding hydrogens is 462 g/mol. The molecule has 2 aliphatic rings. The monoisotopic (exact) mass is 493 g/mol. The summed E-state index contributed by atoms with van der Waals surface area (Å²) in [6.45, 7) is 3.32. The van der Waals surface area contributed by atoms with Crippen LogP contribution in [0.3, 0.4) is 0 Å². The Balaban J connectivity index is 1.26. The van der Waals surface area contributed by atoms with E-state index in [0.717, 1.165) is 25.0 Å². The van der Waals surface area contributed by atoms with Crippen LogP contribution >= 0.6 is 24.0 Å². The third-order valence-electron chi connectivity index (χ3n) is 5.41. The maximum Gasteiger partial charge on any atom is 0.315 e. The van der Waals surface area contributed by atoms with Gasteiger partial charge < -0.3 is 31.9 Å². The molecule has 0 bridgehead atoms. The number of hydrogen-bond donors (Lipinski definition) is 6. The van der Waals surface area contributed by atoms with Crippen molar-refractivity contribution in [1.82, 2.24) is 31.6 Å². The second kappa shape index (κ2) is 12.6. The fourth-order valence-corrected chi connectivity index (χ4v) is 5.62. The van der Waals surface area contributed by atoms with Crippen LogP contribution in [-0.4, -0.2) is 70.7 Å². The summed E-state index contributed by atoms with van der Waals surface area (Å²) in [4.78, 5) is 39.8. The van der Waals surface area contributed by atoms with Gasteiger partial charge in [0, 0.05) is 43.3 Å². The van der Waals surface area contributed by atoms with Crippen LogP contribution in [0, 0.1) is 0 Å². The molecule has 2 fully saturated rings.